The Balaban J connectivity index is 1.75. The zero-order valence-electron chi connectivity index (χ0n) is 19.2. The molecule has 1 fully saturated rings. The van der Waals surface area contributed by atoms with Gasteiger partial charge in [-0.15, -0.1) is 0 Å². The summed E-state index contributed by atoms with van der Waals surface area (Å²) in [6, 6.07) is 7.82. The van der Waals surface area contributed by atoms with Crippen LogP contribution in [0.4, 0.5) is 23.1 Å². The van der Waals surface area contributed by atoms with E-state index in [-0.39, 0.29) is 24.6 Å². The van der Waals surface area contributed by atoms with Gasteiger partial charge in [0.1, 0.15) is 0 Å². The van der Waals surface area contributed by atoms with Crippen LogP contribution in [0.5, 0.6) is 0 Å². The third kappa shape index (κ3) is 4.98. The summed E-state index contributed by atoms with van der Waals surface area (Å²) >= 11 is 0. The second kappa shape index (κ2) is 9.99. The zero-order chi connectivity index (χ0) is 23.4. The first-order chi connectivity index (χ1) is 16.0. The molecule has 0 bridgehead atoms. The number of hydrogen-bond acceptors (Lipinski definition) is 7. The quantitative estimate of drug-likeness (QED) is 0.446. The Labute approximate surface area is 193 Å². The zero-order valence-corrected chi connectivity index (χ0v) is 19.2. The van der Waals surface area contributed by atoms with Crippen molar-refractivity contribution in [2.45, 2.75) is 51.6 Å². The number of amides is 1. The van der Waals surface area contributed by atoms with E-state index < -0.39 is 0 Å². The molecule has 0 spiro atoms. The van der Waals surface area contributed by atoms with Crippen molar-refractivity contribution in [3.05, 3.63) is 43.2 Å². The van der Waals surface area contributed by atoms with E-state index in [0.29, 0.717) is 29.4 Å². The third-order valence-electron chi connectivity index (χ3n) is 5.89. The van der Waals surface area contributed by atoms with Gasteiger partial charge in [-0.1, -0.05) is 12.6 Å². The highest BCUT2D eigenvalue weighted by Gasteiger charge is 2.26. The van der Waals surface area contributed by atoms with E-state index in [1.54, 1.807) is 6.33 Å². The number of aliphatic hydroxyl groups excluding tert-OH is 1. The average molecular weight is 450 g/mol. The molecule has 3 N–H and O–H groups in total. The Morgan fingerprint density at radius 2 is 2.12 bits per heavy atom. The number of rotatable bonds is 8. The summed E-state index contributed by atoms with van der Waals surface area (Å²) < 4.78 is 2.04. The van der Waals surface area contributed by atoms with Crippen molar-refractivity contribution in [1.82, 2.24) is 19.5 Å². The molecule has 3 heterocycles. The smallest absolute Gasteiger partial charge is 0.247 e. The van der Waals surface area contributed by atoms with Gasteiger partial charge in [0.15, 0.2) is 17.0 Å². The highest BCUT2D eigenvalue weighted by Crippen LogP contribution is 2.31. The van der Waals surface area contributed by atoms with E-state index in [4.69, 9.17) is 9.97 Å². The summed E-state index contributed by atoms with van der Waals surface area (Å²) in [5.41, 5.74) is 2.88. The number of fused-ring (bicyclic) bond motifs is 1. The van der Waals surface area contributed by atoms with Gasteiger partial charge in [0, 0.05) is 36.6 Å². The van der Waals surface area contributed by atoms with Crippen LogP contribution in [0.15, 0.2) is 43.2 Å². The molecule has 4 rings (SSSR count). The van der Waals surface area contributed by atoms with Gasteiger partial charge in [0.25, 0.3) is 0 Å². The molecular formula is C24H31N7O2. The van der Waals surface area contributed by atoms with E-state index in [2.05, 4.69) is 40.9 Å². The minimum Gasteiger partial charge on any atom is -0.396 e. The molecule has 33 heavy (non-hydrogen) atoms. The van der Waals surface area contributed by atoms with Gasteiger partial charge in [-0.25, -0.2) is 4.98 Å². The second-order valence-electron chi connectivity index (χ2n) is 8.54. The van der Waals surface area contributed by atoms with Gasteiger partial charge in [0.2, 0.25) is 11.9 Å². The molecule has 2 aromatic heterocycles. The van der Waals surface area contributed by atoms with Gasteiger partial charge >= 0.3 is 0 Å². The lowest BCUT2D eigenvalue weighted by atomic mass is 10.0. The van der Waals surface area contributed by atoms with Crippen LogP contribution in [0.2, 0.25) is 0 Å². The third-order valence-corrected chi connectivity index (χ3v) is 5.89. The van der Waals surface area contributed by atoms with Gasteiger partial charge < -0.3 is 25.2 Å². The Bertz CT molecular complexity index is 1140. The minimum absolute atomic E-state index is 0.141. The van der Waals surface area contributed by atoms with Crippen molar-refractivity contribution in [3.8, 4) is 0 Å². The number of hydrogen-bond donors (Lipinski definition) is 3. The van der Waals surface area contributed by atoms with Crippen molar-refractivity contribution >= 4 is 40.2 Å². The number of aliphatic hydroxyl groups is 1. The lowest BCUT2D eigenvalue weighted by molar-refractivity contribution is -0.111. The van der Waals surface area contributed by atoms with Crippen molar-refractivity contribution < 1.29 is 9.90 Å². The van der Waals surface area contributed by atoms with E-state index in [1.165, 1.54) is 6.08 Å². The predicted octanol–water partition coefficient (Wildman–Crippen LogP) is 4.02. The molecule has 0 aliphatic carbocycles. The van der Waals surface area contributed by atoms with Gasteiger partial charge in [-0.3, -0.25) is 4.79 Å². The summed E-state index contributed by atoms with van der Waals surface area (Å²) in [5.74, 6) is 0.978. The fourth-order valence-corrected chi connectivity index (χ4v) is 4.22. The first kappa shape index (κ1) is 22.7. The number of carbonyl (C=O) groups is 1. The number of aromatic nitrogens is 4. The number of piperidine rings is 1. The molecule has 1 amide bonds. The number of benzene rings is 1. The average Bonchev–Trinajstić information content (AvgIpc) is 3.24. The number of nitrogens with one attached hydrogen (secondary N) is 2. The number of anilines is 4. The standard InChI is InChI=1S/C24H31N7O2/c1-4-20(33)26-17-8-7-9-18(14-17)27-22-21-23(31(15-25-21)16(2)3)29-24(28-22)30-12-6-5-10-19(30)11-13-32/h4,7-9,14-16,19,32H,1,5-6,10-13H2,2-3H3,(H,26,33)(H,27,28,29)/t19-/m0/s1. The fraction of sp³-hybridized carbons (Fsp3) is 0.417. The highest BCUT2D eigenvalue weighted by molar-refractivity contribution is 5.99. The molecule has 9 heteroatoms. The van der Waals surface area contributed by atoms with Crippen LogP contribution < -0.4 is 15.5 Å². The maximum Gasteiger partial charge on any atom is 0.247 e. The van der Waals surface area contributed by atoms with Crippen LogP contribution >= 0.6 is 0 Å². The maximum atomic E-state index is 11.7. The van der Waals surface area contributed by atoms with E-state index in [9.17, 15) is 9.90 Å². The maximum absolute atomic E-state index is 11.7. The summed E-state index contributed by atoms with van der Waals surface area (Å²) in [7, 11) is 0. The molecule has 3 aromatic rings. The fourth-order valence-electron chi connectivity index (χ4n) is 4.22. The van der Waals surface area contributed by atoms with Crippen LogP contribution in [0.3, 0.4) is 0 Å². The number of nitrogens with zero attached hydrogens (tertiary/aromatic N) is 5. The monoisotopic (exact) mass is 449 g/mol. The molecule has 1 aliphatic heterocycles. The van der Waals surface area contributed by atoms with Gasteiger partial charge in [-0.05, 0) is 63.8 Å². The van der Waals surface area contributed by atoms with E-state index >= 15 is 0 Å². The van der Waals surface area contributed by atoms with Crippen molar-refractivity contribution in [2.75, 3.05) is 28.7 Å². The van der Waals surface area contributed by atoms with Crippen LogP contribution in [-0.4, -0.2) is 49.7 Å². The summed E-state index contributed by atoms with van der Waals surface area (Å²) in [6.45, 7) is 8.68. The Morgan fingerprint density at radius 1 is 1.30 bits per heavy atom. The topological polar surface area (TPSA) is 108 Å². The summed E-state index contributed by atoms with van der Waals surface area (Å²) in [6.07, 6.45) is 6.95. The SMILES string of the molecule is C=CC(=O)Nc1cccc(Nc2nc(N3CCCC[C@H]3CCO)nc3c2ncn3C(C)C)c1. The van der Waals surface area contributed by atoms with Crippen molar-refractivity contribution in [1.29, 1.82) is 0 Å². The molecule has 174 valence electrons. The van der Waals surface area contributed by atoms with Crippen molar-refractivity contribution in [2.24, 2.45) is 0 Å². The lowest BCUT2D eigenvalue weighted by Crippen LogP contribution is -2.41. The molecule has 0 unspecified atom stereocenters. The van der Waals surface area contributed by atoms with Crippen LogP contribution in [-0.2, 0) is 4.79 Å². The Kier molecular flexibility index (Phi) is 6.88. The molecule has 1 aliphatic rings. The van der Waals surface area contributed by atoms with Crippen LogP contribution in [0, 0.1) is 0 Å². The number of carbonyl (C=O) groups excluding carboxylic acids is 1. The van der Waals surface area contributed by atoms with E-state index in [1.807, 2.05) is 28.8 Å². The summed E-state index contributed by atoms with van der Waals surface area (Å²) in [4.78, 5) is 28.3. The molecule has 1 aromatic carbocycles. The minimum atomic E-state index is -0.269. The molecule has 0 radical (unpaired) electrons. The van der Waals surface area contributed by atoms with E-state index in [0.717, 1.165) is 37.1 Å². The normalized spacial score (nSPS) is 16.2. The molecule has 1 saturated heterocycles. The number of imidazole rings is 1. The van der Waals surface area contributed by atoms with Gasteiger partial charge in [-0.2, -0.15) is 9.97 Å². The van der Waals surface area contributed by atoms with Crippen LogP contribution in [0.25, 0.3) is 11.2 Å². The first-order valence-corrected chi connectivity index (χ1v) is 11.4. The highest BCUT2D eigenvalue weighted by atomic mass is 16.3. The van der Waals surface area contributed by atoms with Crippen LogP contribution in [0.1, 0.15) is 45.6 Å². The molecule has 0 saturated carbocycles. The second-order valence-corrected chi connectivity index (χ2v) is 8.54. The Morgan fingerprint density at radius 3 is 2.88 bits per heavy atom. The first-order valence-electron chi connectivity index (χ1n) is 11.4. The molecular weight excluding hydrogens is 418 g/mol. The summed E-state index contributed by atoms with van der Waals surface area (Å²) in [5, 5.41) is 15.7. The largest absolute Gasteiger partial charge is 0.396 e. The lowest BCUT2D eigenvalue weighted by Gasteiger charge is -2.35. The van der Waals surface area contributed by atoms with Crippen molar-refractivity contribution in [3.63, 3.8) is 0 Å². The molecule has 1 atom stereocenters. The van der Waals surface area contributed by atoms with Gasteiger partial charge in [0.05, 0.1) is 6.33 Å². The molecule has 9 nitrogen and oxygen atoms in total. The Hall–Kier alpha value is -3.46. The predicted molar refractivity (Wildman–Crippen MR) is 131 cm³/mol.